The van der Waals surface area contributed by atoms with Gasteiger partial charge in [0.2, 0.25) is 5.91 Å². The molecule has 3 rings (SSSR count). The number of piperidine rings is 1. The lowest BCUT2D eigenvalue weighted by molar-refractivity contribution is -0.136. The maximum Gasteiger partial charge on any atom is 0.263 e. The van der Waals surface area contributed by atoms with Crippen LogP contribution >= 0.6 is 34.5 Å². The first-order chi connectivity index (χ1) is 13.4. The highest BCUT2D eigenvalue weighted by Crippen LogP contribution is 2.33. The van der Waals surface area contributed by atoms with Crippen LogP contribution in [0.4, 0.5) is 0 Å². The first kappa shape index (κ1) is 21.2. The molecule has 1 fully saturated rings. The van der Waals surface area contributed by atoms with Crippen molar-refractivity contribution >= 4 is 46.4 Å². The second-order valence-electron chi connectivity index (χ2n) is 6.90. The first-order valence-corrected chi connectivity index (χ1v) is 11.1. The molecule has 1 aliphatic heterocycles. The molecular weight excluding hydrogens is 415 g/mol. The molecule has 7 heteroatoms. The fraction of sp³-hybridized carbons (Fsp3) is 0.429. The molecule has 150 valence electrons. The second kappa shape index (κ2) is 9.29. The van der Waals surface area contributed by atoms with Crippen LogP contribution < -0.4 is 0 Å². The van der Waals surface area contributed by atoms with Gasteiger partial charge in [-0.3, -0.25) is 9.59 Å². The summed E-state index contributed by atoms with van der Waals surface area (Å²) in [6.45, 7) is 6.71. The smallest absolute Gasteiger partial charge is 0.263 e. The summed E-state index contributed by atoms with van der Waals surface area (Å²) in [5.41, 5.74) is 0.907. The van der Waals surface area contributed by atoms with Crippen LogP contribution in [0.3, 0.4) is 0 Å². The molecule has 2 heterocycles. The Morgan fingerprint density at radius 2 is 1.68 bits per heavy atom. The average molecular weight is 439 g/mol. The van der Waals surface area contributed by atoms with E-state index >= 15 is 0 Å². The van der Waals surface area contributed by atoms with Gasteiger partial charge in [-0.15, -0.1) is 11.3 Å². The molecule has 0 saturated carbocycles. The van der Waals surface area contributed by atoms with Crippen molar-refractivity contribution in [2.24, 2.45) is 5.92 Å². The van der Waals surface area contributed by atoms with Gasteiger partial charge >= 0.3 is 0 Å². The zero-order valence-electron chi connectivity index (χ0n) is 16.1. The fourth-order valence-corrected chi connectivity index (χ4v) is 5.07. The SMILES string of the molecule is CCN(CC)C(=O)C1CCN(C(=O)c2ccc(-c3cc(Cl)cc(Cl)c3)s2)CC1. The van der Waals surface area contributed by atoms with E-state index in [-0.39, 0.29) is 17.7 Å². The number of rotatable bonds is 5. The molecule has 1 saturated heterocycles. The first-order valence-electron chi connectivity index (χ1n) is 9.57. The minimum Gasteiger partial charge on any atom is -0.343 e. The Labute approximate surface area is 180 Å². The van der Waals surface area contributed by atoms with Crippen LogP contribution in [-0.2, 0) is 4.79 Å². The summed E-state index contributed by atoms with van der Waals surface area (Å²) >= 11 is 13.6. The van der Waals surface area contributed by atoms with E-state index in [1.165, 1.54) is 11.3 Å². The van der Waals surface area contributed by atoms with Gasteiger partial charge in [-0.1, -0.05) is 23.2 Å². The maximum atomic E-state index is 12.9. The zero-order valence-corrected chi connectivity index (χ0v) is 18.4. The quantitative estimate of drug-likeness (QED) is 0.622. The molecule has 2 amide bonds. The van der Waals surface area contributed by atoms with Crippen LogP contribution in [0.25, 0.3) is 10.4 Å². The average Bonchev–Trinajstić information content (AvgIpc) is 3.18. The molecule has 1 aromatic heterocycles. The molecule has 0 radical (unpaired) electrons. The van der Waals surface area contributed by atoms with Gasteiger partial charge < -0.3 is 9.80 Å². The van der Waals surface area contributed by atoms with E-state index in [4.69, 9.17) is 23.2 Å². The highest BCUT2D eigenvalue weighted by Gasteiger charge is 2.30. The summed E-state index contributed by atoms with van der Waals surface area (Å²) in [5, 5.41) is 1.15. The number of halogens is 2. The highest BCUT2D eigenvalue weighted by atomic mass is 35.5. The Kier molecular flexibility index (Phi) is 7.02. The highest BCUT2D eigenvalue weighted by molar-refractivity contribution is 7.17. The lowest BCUT2D eigenvalue weighted by atomic mass is 9.95. The van der Waals surface area contributed by atoms with Gasteiger partial charge in [-0.25, -0.2) is 0 Å². The van der Waals surface area contributed by atoms with Crippen LogP contribution in [0, 0.1) is 5.92 Å². The van der Waals surface area contributed by atoms with E-state index in [1.54, 1.807) is 6.07 Å². The number of amides is 2. The number of hydrogen-bond acceptors (Lipinski definition) is 3. The molecule has 1 aliphatic rings. The molecule has 0 N–H and O–H groups in total. The Morgan fingerprint density at radius 3 is 2.25 bits per heavy atom. The van der Waals surface area contributed by atoms with Crippen LogP contribution in [0.1, 0.15) is 36.4 Å². The minimum atomic E-state index is 0.0245. The summed E-state index contributed by atoms with van der Waals surface area (Å²) < 4.78 is 0. The summed E-state index contributed by atoms with van der Waals surface area (Å²) in [7, 11) is 0. The molecule has 0 aliphatic carbocycles. The van der Waals surface area contributed by atoms with Crippen LogP contribution in [-0.4, -0.2) is 47.8 Å². The van der Waals surface area contributed by atoms with Crippen molar-refractivity contribution in [2.45, 2.75) is 26.7 Å². The van der Waals surface area contributed by atoms with Crippen molar-refractivity contribution in [2.75, 3.05) is 26.2 Å². The van der Waals surface area contributed by atoms with Crippen LogP contribution in [0.15, 0.2) is 30.3 Å². The van der Waals surface area contributed by atoms with E-state index in [0.29, 0.717) is 28.0 Å². The summed E-state index contributed by atoms with van der Waals surface area (Å²) in [6, 6.07) is 9.16. The second-order valence-corrected chi connectivity index (χ2v) is 8.86. The topological polar surface area (TPSA) is 40.6 Å². The van der Waals surface area contributed by atoms with Gasteiger partial charge in [0.15, 0.2) is 0 Å². The van der Waals surface area contributed by atoms with Crippen molar-refractivity contribution in [3.8, 4) is 10.4 Å². The van der Waals surface area contributed by atoms with Crippen molar-refractivity contribution in [1.82, 2.24) is 9.80 Å². The molecule has 2 aromatic rings. The Balaban J connectivity index is 1.65. The molecule has 0 spiro atoms. The number of hydrogen-bond donors (Lipinski definition) is 0. The molecule has 1 aromatic carbocycles. The van der Waals surface area contributed by atoms with Crippen molar-refractivity contribution in [3.05, 3.63) is 45.3 Å². The van der Waals surface area contributed by atoms with E-state index in [9.17, 15) is 9.59 Å². The standard InChI is InChI=1S/C21H24Cl2N2O2S/c1-3-24(4-2)20(26)14-7-9-25(10-8-14)21(27)19-6-5-18(28-19)15-11-16(22)13-17(23)12-15/h5-6,11-14H,3-4,7-10H2,1-2H3. The van der Waals surface area contributed by atoms with Gasteiger partial charge in [-0.2, -0.15) is 0 Å². The van der Waals surface area contributed by atoms with Gasteiger partial charge in [0, 0.05) is 47.0 Å². The third kappa shape index (κ3) is 4.70. The van der Waals surface area contributed by atoms with Crippen LogP contribution in [0.2, 0.25) is 10.0 Å². The van der Waals surface area contributed by atoms with E-state index in [1.807, 2.05) is 47.9 Å². The number of likely N-dealkylation sites (tertiary alicyclic amines) is 1. The third-order valence-corrected chi connectivity index (χ3v) is 6.73. The van der Waals surface area contributed by atoms with E-state index < -0.39 is 0 Å². The van der Waals surface area contributed by atoms with Crippen molar-refractivity contribution in [1.29, 1.82) is 0 Å². The Hall–Kier alpha value is -1.56. The Bertz CT molecular complexity index is 836. The molecule has 28 heavy (non-hydrogen) atoms. The Morgan fingerprint density at radius 1 is 1.07 bits per heavy atom. The maximum absolute atomic E-state index is 12.9. The number of thiophene rings is 1. The normalized spacial score (nSPS) is 14.9. The summed E-state index contributed by atoms with van der Waals surface area (Å²) in [4.78, 5) is 30.8. The fourth-order valence-electron chi connectivity index (χ4n) is 3.58. The monoisotopic (exact) mass is 438 g/mol. The predicted molar refractivity (Wildman–Crippen MR) is 116 cm³/mol. The molecule has 0 bridgehead atoms. The number of carbonyl (C=O) groups is 2. The number of carbonyl (C=O) groups excluding carboxylic acids is 2. The van der Waals surface area contributed by atoms with Crippen molar-refractivity contribution in [3.63, 3.8) is 0 Å². The summed E-state index contributed by atoms with van der Waals surface area (Å²) in [6.07, 6.45) is 1.45. The lowest BCUT2D eigenvalue weighted by Crippen LogP contribution is -2.44. The minimum absolute atomic E-state index is 0.0245. The molecule has 4 nitrogen and oxygen atoms in total. The van der Waals surface area contributed by atoms with Gasteiger partial charge in [0.05, 0.1) is 4.88 Å². The lowest BCUT2D eigenvalue weighted by Gasteiger charge is -2.33. The summed E-state index contributed by atoms with van der Waals surface area (Å²) in [5.74, 6) is 0.267. The zero-order chi connectivity index (χ0) is 20.3. The van der Waals surface area contributed by atoms with Gasteiger partial charge in [-0.05, 0) is 62.6 Å². The predicted octanol–water partition coefficient (Wildman–Crippen LogP) is 5.44. The van der Waals surface area contributed by atoms with E-state index in [2.05, 4.69) is 0 Å². The van der Waals surface area contributed by atoms with Crippen LogP contribution in [0.5, 0.6) is 0 Å². The van der Waals surface area contributed by atoms with E-state index in [0.717, 1.165) is 36.4 Å². The van der Waals surface area contributed by atoms with Crippen molar-refractivity contribution < 1.29 is 9.59 Å². The number of nitrogens with zero attached hydrogens (tertiary/aromatic N) is 2. The molecule has 0 atom stereocenters. The third-order valence-electron chi connectivity index (χ3n) is 5.17. The largest absolute Gasteiger partial charge is 0.343 e. The molecular formula is C21H24Cl2N2O2S. The number of benzene rings is 1. The van der Waals surface area contributed by atoms with Gasteiger partial charge in [0.25, 0.3) is 5.91 Å². The molecule has 0 unspecified atom stereocenters. The van der Waals surface area contributed by atoms with Gasteiger partial charge in [0.1, 0.15) is 0 Å².